The molecule has 1 rings (SSSR count). The molecule has 0 spiro atoms. The summed E-state index contributed by atoms with van der Waals surface area (Å²) in [7, 11) is -3.51. The lowest BCUT2D eigenvalue weighted by molar-refractivity contribution is -0.141. The fraction of sp³-hybridized carbons (Fsp3) is 0.467. The number of nitrogens with one attached hydrogen (secondary N) is 2. The molecule has 128 valence electrons. The summed E-state index contributed by atoms with van der Waals surface area (Å²) in [5, 5.41) is 11.5. The number of hydrogen-bond acceptors (Lipinski definition) is 4. The van der Waals surface area contributed by atoms with Gasteiger partial charge in [0.1, 0.15) is 5.54 Å². The summed E-state index contributed by atoms with van der Waals surface area (Å²) in [5.41, 5.74) is 0.0564. The van der Waals surface area contributed by atoms with E-state index in [2.05, 4.69) is 10.0 Å². The summed E-state index contributed by atoms with van der Waals surface area (Å²) < 4.78 is 24.8. The van der Waals surface area contributed by atoms with E-state index in [0.717, 1.165) is 11.8 Å². The molecule has 8 heteroatoms. The summed E-state index contributed by atoms with van der Waals surface area (Å²) in [6.45, 7) is 4.55. The van der Waals surface area contributed by atoms with E-state index >= 15 is 0 Å². The lowest BCUT2D eigenvalue weighted by Gasteiger charge is -2.23. The first-order valence-corrected chi connectivity index (χ1v) is 8.92. The molecule has 0 saturated heterocycles. The standard InChI is InChI=1S/C15H22N2O5S/c1-10(13(18)19)9-11-5-7-12(8-6-11)16-14(20)15(2,3)17-23(4,21)22/h5-8,10,17H,9H2,1-4H3,(H,16,20)(H,18,19). The SMILES string of the molecule is CC(Cc1ccc(NC(=O)C(C)(C)NS(C)(=O)=O)cc1)C(=O)O. The van der Waals surface area contributed by atoms with Gasteiger partial charge in [0, 0.05) is 5.69 Å². The average molecular weight is 342 g/mol. The minimum atomic E-state index is -3.51. The first kappa shape index (κ1) is 19.1. The predicted octanol–water partition coefficient (Wildman–Crippen LogP) is 1.22. The van der Waals surface area contributed by atoms with Gasteiger partial charge in [-0.1, -0.05) is 19.1 Å². The number of aliphatic carboxylic acids is 1. The minimum Gasteiger partial charge on any atom is -0.481 e. The van der Waals surface area contributed by atoms with E-state index in [1.165, 1.54) is 13.8 Å². The summed E-state index contributed by atoms with van der Waals surface area (Å²) in [5.74, 6) is -1.85. The fourth-order valence-electron chi connectivity index (χ4n) is 1.96. The van der Waals surface area contributed by atoms with Crippen LogP contribution in [0.3, 0.4) is 0 Å². The highest BCUT2D eigenvalue weighted by atomic mass is 32.2. The second kappa shape index (κ2) is 7.10. The molecule has 1 aromatic rings. The Kier molecular flexibility index (Phi) is 5.90. The molecule has 0 bridgehead atoms. The van der Waals surface area contributed by atoms with Gasteiger partial charge in [-0.05, 0) is 38.0 Å². The maximum atomic E-state index is 12.1. The molecule has 0 aliphatic rings. The molecule has 3 N–H and O–H groups in total. The van der Waals surface area contributed by atoms with Crippen molar-refractivity contribution in [2.24, 2.45) is 5.92 Å². The lowest BCUT2D eigenvalue weighted by atomic mass is 10.0. The molecule has 0 aliphatic carbocycles. The van der Waals surface area contributed by atoms with Gasteiger partial charge in [0.2, 0.25) is 15.9 Å². The second-order valence-corrected chi connectivity index (χ2v) is 7.84. The molecule has 1 aromatic carbocycles. The third-order valence-corrected chi connectivity index (χ3v) is 4.06. The van der Waals surface area contributed by atoms with Crippen LogP contribution in [-0.2, 0) is 26.0 Å². The van der Waals surface area contributed by atoms with Crippen LogP contribution in [0, 0.1) is 5.92 Å². The number of sulfonamides is 1. The van der Waals surface area contributed by atoms with Crippen molar-refractivity contribution in [2.45, 2.75) is 32.7 Å². The molecule has 0 radical (unpaired) electrons. The number of hydrogen-bond donors (Lipinski definition) is 3. The number of amides is 1. The molecule has 0 fully saturated rings. The van der Waals surface area contributed by atoms with E-state index in [9.17, 15) is 18.0 Å². The molecule has 1 atom stereocenters. The number of carboxylic acid groups (broad SMARTS) is 1. The monoisotopic (exact) mass is 342 g/mol. The van der Waals surface area contributed by atoms with Crippen LogP contribution >= 0.6 is 0 Å². The molecule has 0 saturated carbocycles. The van der Waals surface area contributed by atoms with Crippen LogP contribution in [0.25, 0.3) is 0 Å². The van der Waals surface area contributed by atoms with Gasteiger partial charge in [0.25, 0.3) is 0 Å². The molecular weight excluding hydrogens is 320 g/mol. The summed E-state index contributed by atoms with van der Waals surface area (Å²) in [6.07, 6.45) is 1.38. The van der Waals surface area contributed by atoms with Gasteiger partial charge in [-0.25, -0.2) is 13.1 Å². The lowest BCUT2D eigenvalue weighted by Crippen LogP contribution is -2.51. The van der Waals surface area contributed by atoms with Crippen molar-refractivity contribution in [3.63, 3.8) is 0 Å². The Bertz CT molecular complexity index is 680. The third kappa shape index (κ3) is 6.37. The van der Waals surface area contributed by atoms with Crippen molar-refractivity contribution >= 4 is 27.6 Å². The van der Waals surface area contributed by atoms with Crippen LogP contribution in [0.4, 0.5) is 5.69 Å². The normalized spacial score (nSPS) is 13.4. The topological polar surface area (TPSA) is 113 Å². The van der Waals surface area contributed by atoms with E-state index in [0.29, 0.717) is 12.1 Å². The maximum absolute atomic E-state index is 12.1. The summed E-state index contributed by atoms with van der Waals surface area (Å²) >= 11 is 0. The van der Waals surface area contributed by atoms with Gasteiger partial charge in [0.15, 0.2) is 0 Å². The molecule has 23 heavy (non-hydrogen) atoms. The molecular formula is C15H22N2O5S. The zero-order valence-electron chi connectivity index (χ0n) is 13.6. The van der Waals surface area contributed by atoms with E-state index in [1.807, 2.05) is 0 Å². The van der Waals surface area contributed by atoms with Gasteiger partial charge in [-0.2, -0.15) is 0 Å². The van der Waals surface area contributed by atoms with E-state index in [-0.39, 0.29) is 0 Å². The van der Waals surface area contributed by atoms with Crippen LogP contribution < -0.4 is 10.0 Å². The molecule has 7 nitrogen and oxygen atoms in total. The quantitative estimate of drug-likeness (QED) is 0.689. The zero-order valence-corrected chi connectivity index (χ0v) is 14.4. The number of anilines is 1. The van der Waals surface area contributed by atoms with E-state index < -0.39 is 33.4 Å². The van der Waals surface area contributed by atoms with Crippen molar-refractivity contribution < 1.29 is 23.1 Å². The first-order valence-electron chi connectivity index (χ1n) is 7.03. The van der Waals surface area contributed by atoms with Crippen molar-refractivity contribution in [1.82, 2.24) is 4.72 Å². The van der Waals surface area contributed by atoms with Crippen LogP contribution in [0.1, 0.15) is 26.3 Å². The zero-order chi connectivity index (χ0) is 17.8. The van der Waals surface area contributed by atoms with Gasteiger partial charge < -0.3 is 10.4 Å². The summed E-state index contributed by atoms with van der Waals surface area (Å²) in [4.78, 5) is 23.0. The Morgan fingerprint density at radius 2 is 1.74 bits per heavy atom. The van der Waals surface area contributed by atoms with Crippen molar-refractivity contribution in [2.75, 3.05) is 11.6 Å². The van der Waals surface area contributed by atoms with Crippen molar-refractivity contribution in [3.8, 4) is 0 Å². The number of carbonyl (C=O) groups excluding carboxylic acids is 1. The number of carboxylic acids is 1. The fourth-order valence-corrected chi connectivity index (χ4v) is 2.98. The third-order valence-electron chi connectivity index (χ3n) is 3.18. The Labute approximate surface area is 136 Å². The highest BCUT2D eigenvalue weighted by Gasteiger charge is 2.30. The first-order chi connectivity index (χ1) is 10.4. The van der Waals surface area contributed by atoms with Gasteiger partial charge in [-0.15, -0.1) is 0 Å². The van der Waals surface area contributed by atoms with E-state index in [4.69, 9.17) is 5.11 Å². The van der Waals surface area contributed by atoms with Crippen LogP contribution in [0.2, 0.25) is 0 Å². The van der Waals surface area contributed by atoms with Crippen LogP contribution in [0.5, 0.6) is 0 Å². The van der Waals surface area contributed by atoms with Crippen LogP contribution in [0.15, 0.2) is 24.3 Å². The Hall–Kier alpha value is -1.93. The number of carbonyl (C=O) groups is 2. The van der Waals surface area contributed by atoms with Gasteiger partial charge in [0.05, 0.1) is 12.2 Å². The Balaban J connectivity index is 2.75. The Morgan fingerprint density at radius 1 is 1.22 bits per heavy atom. The molecule has 0 heterocycles. The van der Waals surface area contributed by atoms with E-state index in [1.54, 1.807) is 31.2 Å². The minimum absolute atomic E-state index is 0.394. The highest BCUT2D eigenvalue weighted by molar-refractivity contribution is 7.88. The number of rotatable bonds is 7. The summed E-state index contributed by atoms with van der Waals surface area (Å²) in [6, 6.07) is 6.76. The molecule has 0 aliphatic heterocycles. The molecule has 1 amide bonds. The average Bonchev–Trinajstić information content (AvgIpc) is 2.38. The maximum Gasteiger partial charge on any atom is 0.306 e. The van der Waals surface area contributed by atoms with Gasteiger partial charge >= 0.3 is 5.97 Å². The molecule has 0 aromatic heterocycles. The smallest absolute Gasteiger partial charge is 0.306 e. The van der Waals surface area contributed by atoms with Crippen molar-refractivity contribution in [3.05, 3.63) is 29.8 Å². The van der Waals surface area contributed by atoms with Crippen molar-refractivity contribution in [1.29, 1.82) is 0 Å². The predicted molar refractivity (Wildman–Crippen MR) is 87.6 cm³/mol. The largest absolute Gasteiger partial charge is 0.481 e. The number of benzene rings is 1. The Morgan fingerprint density at radius 3 is 2.17 bits per heavy atom. The van der Waals surface area contributed by atoms with Gasteiger partial charge in [-0.3, -0.25) is 9.59 Å². The second-order valence-electron chi connectivity index (χ2n) is 6.09. The van der Waals surface area contributed by atoms with Crippen LogP contribution in [-0.4, -0.2) is 37.2 Å². The molecule has 1 unspecified atom stereocenters. The highest BCUT2D eigenvalue weighted by Crippen LogP contribution is 2.15.